The van der Waals surface area contributed by atoms with Crippen molar-refractivity contribution in [2.45, 2.75) is 25.7 Å². The minimum absolute atomic E-state index is 0.187. The molecule has 2 nitrogen and oxygen atoms in total. The molecule has 74 valence electrons. The molecule has 1 aliphatic rings. The van der Waals surface area contributed by atoms with Gasteiger partial charge in [0.15, 0.2) is 0 Å². The van der Waals surface area contributed by atoms with Crippen LogP contribution in [0, 0.1) is 0 Å². The van der Waals surface area contributed by atoms with Crippen LogP contribution in [0.5, 0.6) is 0 Å². The summed E-state index contributed by atoms with van der Waals surface area (Å²) in [5.74, 6) is 0. The van der Waals surface area contributed by atoms with Crippen molar-refractivity contribution in [3.05, 3.63) is 29.3 Å². The van der Waals surface area contributed by atoms with Crippen LogP contribution < -0.4 is 5.32 Å². The van der Waals surface area contributed by atoms with Crippen molar-refractivity contribution in [3.8, 4) is 0 Å². The maximum atomic E-state index is 10.8. The standard InChI is InChI=1S/C11H12BrNO/c12-11(14)13-10-6-5-8-3-1-2-4-9(8)7-10/h5-7H,1-4H2,(H,13,14). The fourth-order valence-electron chi connectivity index (χ4n) is 1.92. The predicted molar refractivity (Wildman–Crippen MR) is 61.0 cm³/mol. The number of benzene rings is 1. The summed E-state index contributed by atoms with van der Waals surface area (Å²) in [5, 5.41) is 2.73. The van der Waals surface area contributed by atoms with Crippen molar-refractivity contribution in [1.29, 1.82) is 0 Å². The number of rotatable bonds is 1. The van der Waals surface area contributed by atoms with Crippen molar-refractivity contribution >= 4 is 26.4 Å². The molecule has 3 heteroatoms. The van der Waals surface area contributed by atoms with Crippen molar-refractivity contribution in [2.75, 3.05) is 5.32 Å². The molecule has 0 bridgehead atoms. The molecule has 1 amide bonds. The monoisotopic (exact) mass is 253 g/mol. The summed E-state index contributed by atoms with van der Waals surface area (Å²) in [6.45, 7) is 0. The van der Waals surface area contributed by atoms with E-state index in [-0.39, 0.29) is 4.82 Å². The van der Waals surface area contributed by atoms with E-state index in [4.69, 9.17) is 0 Å². The third kappa shape index (κ3) is 2.15. The summed E-state index contributed by atoms with van der Waals surface area (Å²) < 4.78 is 0. The highest BCUT2D eigenvalue weighted by molar-refractivity contribution is 9.18. The molecule has 0 spiro atoms. The van der Waals surface area contributed by atoms with Crippen LogP contribution in [0.25, 0.3) is 0 Å². The molecule has 0 unspecified atom stereocenters. The normalized spacial score (nSPS) is 14.6. The van der Waals surface area contributed by atoms with Gasteiger partial charge in [0.05, 0.1) is 0 Å². The van der Waals surface area contributed by atoms with Crippen LogP contribution in [0.3, 0.4) is 0 Å². The number of hydrogen-bond donors (Lipinski definition) is 1. The Morgan fingerprint density at radius 2 is 1.93 bits per heavy atom. The number of anilines is 1. The molecule has 14 heavy (non-hydrogen) atoms. The first-order valence-corrected chi connectivity index (χ1v) is 5.63. The highest BCUT2D eigenvalue weighted by Crippen LogP contribution is 2.24. The lowest BCUT2D eigenvalue weighted by Gasteiger charge is -2.16. The Hall–Kier alpha value is -0.830. The number of hydrogen-bond acceptors (Lipinski definition) is 1. The molecule has 1 aliphatic carbocycles. The second-order valence-electron chi connectivity index (χ2n) is 3.59. The lowest BCUT2D eigenvalue weighted by atomic mass is 9.91. The maximum absolute atomic E-state index is 10.8. The van der Waals surface area contributed by atoms with E-state index in [0.717, 1.165) is 12.1 Å². The van der Waals surface area contributed by atoms with E-state index in [1.54, 1.807) is 0 Å². The molecule has 1 aromatic carbocycles. The SMILES string of the molecule is O=C(Br)Nc1ccc2c(c1)CCCC2. The van der Waals surface area contributed by atoms with Crippen molar-refractivity contribution in [3.63, 3.8) is 0 Å². The largest absolute Gasteiger partial charge is 0.317 e. The molecule has 0 fully saturated rings. The summed E-state index contributed by atoms with van der Waals surface area (Å²) in [7, 11) is 0. The molecule has 1 aromatic rings. The number of nitrogens with one attached hydrogen (secondary N) is 1. The number of carbonyl (C=O) groups excluding carboxylic acids is 1. The molecule has 1 N–H and O–H groups in total. The molecule has 2 rings (SSSR count). The second kappa shape index (κ2) is 4.13. The van der Waals surface area contributed by atoms with E-state index >= 15 is 0 Å². The Kier molecular flexibility index (Phi) is 2.87. The number of halogens is 1. The third-order valence-corrected chi connectivity index (χ3v) is 2.79. The van der Waals surface area contributed by atoms with Gasteiger partial charge in [0, 0.05) is 21.6 Å². The van der Waals surface area contributed by atoms with Crippen LogP contribution in [-0.4, -0.2) is 4.82 Å². The number of carbonyl (C=O) groups is 1. The van der Waals surface area contributed by atoms with Crippen LogP contribution in [0.1, 0.15) is 24.0 Å². The van der Waals surface area contributed by atoms with E-state index in [1.807, 2.05) is 6.07 Å². The molecule has 0 saturated carbocycles. The summed E-state index contributed by atoms with van der Waals surface area (Å²) in [6.07, 6.45) is 4.87. The van der Waals surface area contributed by atoms with Crippen molar-refractivity contribution in [2.24, 2.45) is 0 Å². The number of amides is 1. The van der Waals surface area contributed by atoms with Crippen LogP contribution in [0.15, 0.2) is 18.2 Å². The van der Waals surface area contributed by atoms with Gasteiger partial charge in [-0.2, -0.15) is 0 Å². The van der Waals surface area contributed by atoms with E-state index in [9.17, 15) is 4.79 Å². The summed E-state index contributed by atoms with van der Waals surface area (Å²) in [5.41, 5.74) is 3.70. The van der Waals surface area contributed by atoms with Crippen LogP contribution in [0.2, 0.25) is 0 Å². The molecule has 0 aromatic heterocycles. The van der Waals surface area contributed by atoms with E-state index in [1.165, 1.54) is 30.4 Å². The van der Waals surface area contributed by atoms with E-state index in [2.05, 4.69) is 33.4 Å². The first kappa shape index (κ1) is 9.71. The van der Waals surface area contributed by atoms with Gasteiger partial charge >= 0.3 is 0 Å². The Bertz CT molecular complexity index is 362. The number of fused-ring (bicyclic) bond motifs is 1. The lowest BCUT2D eigenvalue weighted by molar-refractivity contribution is 0.270. The van der Waals surface area contributed by atoms with Gasteiger partial charge in [-0.1, -0.05) is 6.07 Å². The Morgan fingerprint density at radius 1 is 1.21 bits per heavy atom. The predicted octanol–water partition coefficient (Wildman–Crippen LogP) is 3.49. The van der Waals surface area contributed by atoms with E-state index in [0.29, 0.717) is 0 Å². The minimum atomic E-state index is -0.187. The zero-order chi connectivity index (χ0) is 9.97. The smallest absolute Gasteiger partial charge is 0.291 e. The van der Waals surface area contributed by atoms with Gasteiger partial charge in [0.2, 0.25) is 0 Å². The molecule has 0 saturated heterocycles. The Labute approximate surface area is 91.8 Å². The Morgan fingerprint density at radius 3 is 2.64 bits per heavy atom. The van der Waals surface area contributed by atoms with E-state index < -0.39 is 0 Å². The molecule has 0 heterocycles. The van der Waals surface area contributed by atoms with Gasteiger partial charge in [-0.25, -0.2) is 0 Å². The summed E-state index contributed by atoms with van der Waals surface area (Å²) in [6, 6.07) is 6.16. The third-order valence-electron chi connectivity index (χ3n) is 2.59. The van der Waals surface area contributed by atoms with Gasteiger partial charge < -0.3 is 5.32 Å². The van der Waals surface area contributed by atoms with Crippen LogP contribution >= 0.6 is 15.9 Å². The highest BCUT2D eigenvalue weighted by atomic mass is 79.9. The molecular formula is C11H12BrNO. The topological polar surface area (TPSA) is 29.1 Å². The van der Waals surface area contributed by atoms with Crippen molar-refractivity contribution in [1.82, 2.24) is 0 Å². The van der Waals surface area contributed by atoms with Gasteiger partial charge in [0.25, 0.3) is 4.82 Å². The van der Waals surface area contributed by atoms with Gasteiger partial charge in [0.1, 0.15) is 0 Å². The first-order valence-electron chi connectivity index (χ1n) is 4.84. The quantitative estimate of drug-likeness (QED) is 0.603. The Balaban J connectivity index is 2.24. The molecule has 0 aliphatic heterocycles. The highest BCUT2D eigenvalue weighted by Gasteiger charge is 2.09. The van der Waals surface area contributed by atoms with Crippen LogP contribution in [0.4, 0.5) is 10.5 Å². The fraction of sp³-hybridized carbons (Fsp3) is 0.364. The molecule has 0 atom stereocenters. The molecular weight excluding hydrogens is 242 g/mol. The number of aryl methyl sites for hydroxylation is 2. The van der Waals surface area contributed by atoms with Gasteiger partial charge in [-0.3, -0.25) is 4.79 Å². The summed E-state index contributed by atoms with van der Waals surface area (Å²) in [4.78, 5) is 10.6. The van der Waals surface area contributed by atoms with Gasteiger partial charge in [-0.05, 0) is 48.9 Å². The maximum Gasteiger partial charge on any atom is 0.291 e. The minimum Gasteiger partial charge on any atom is -0.317 e. The average Bonchev–Trinajstić information content (AvgIpc) is 2.17. The lowest BCUT2D eigenvalue weighted by Crippen LogP contribution is -2.05. The van der Waals surface area contributed by atoms with Crippen molar-refractivity contribution < 1.29 is 4.79 Å². The van der Waals surface area contributed by atoms with Crippen LogP contribution in [-0.2, 0) is 12.8 Å². The fourth-order valence-corrected chi connectivity index (χ4v) is 2.15. The second-order valence-corrected chi connectivity index (χ2v) is 4.31. The van der Waals surface area contributed by atoms with Gasteiger partial charge in [-0.15, -0.1) is 0 Å². The molecule has 0 radical (unpaired) electrons. The first-order chi connectivity index (χ1) is 6.75. The average molecular weight is 254 g/mol. The zero-order valence-electron chi connectivity index (χ0n) is 7.85. The summed E-state index contributed by atoms with van der Waals surface area (Å²) >= 11 is 2.86. The zero-order valence-corrected chi connectivity index (χ0v) is 9.43.